The molecule has 1 aliphatic carbocycles. The summed E-state index contributed by atoms with van der Waals surface area (Å²) in [7, 11) is 0. The van der Waals surface area contributed by atoms with Gasteiger partial charge in [-0.15, -0.1) is 0 Å². The maximum atomic E-state index is 13.8. The van der Waals surface area contributed by atoms with E-state index in [1.54, 1.807) is 0 Å². The first-order valence-corrected chi connectivity index (χ1v) is 11.3. The molecular weight excluding hydrogens is 388 g/mol. The summed E-state index contributed by atoms with van der Waals surface area (Å²) in [6, 6.07) is 18.3. The van der Waals surface area contributed by atoms with Crippen LogP contribution in [0.1, 0.15) is 34.8 Å². The van der Waals surface area contributed by atoms with Crippen molar-refractivity contribution in [2.45, 2.75) is 24.9 Å². The van der Waals surface area contributed by atoms with Gasteiger partial charge >= 0.3 is 0 Å². The molecule has 1 aliphatic heterocycles. The van der Waals surface area contributed by atoms with E-state index in [2.05, 4.69) is 22.4 Å². The number of H-pyrrole nitrogens is 1. The van der Waals surface area contributed by atoms with Crippen molar-refractivity contribution in [1.82, 2.24) is 10.3 Å². The van der Waals surface area contributed by atoms with Crippen LogP contribution in [-0.4, -0.2) is 55.4 Å². The van der Waals surface area contributed by atoms with Gasteiger partial charge in [0.15, 0.2) is 12.6 Å². The van der Waals surface area contributed by atoms with E-state index in [1.165, 1.54) is 9.80 Å². The standard InChI is InChI=1S/C25H28N4O2/c30-23(27-19-10-11-19)17-28-12-14-29(15-13-28)24(18-6-2-1-3-7-18)25(31)21-16-26-22-9-5-4-8-20(21)22/h1-9,16,19,24,26H,10-15,17H2,(H,27,30)/p+2/t24-/m0/s1. The van der Waals surface area contributed by atoms with E-state index in [0.29, 0.717) is 12.6 Å². The summed E-state index contributed by atoms with van der Waals surface area (Å²) in [6.45, 7) is 4.09. The number of ketones is 1. The Bertz CT molecular complexity index is 1070. The Morgan fingerprint density at radius 2 is 1.68 bits per heavy atom. The zero-order valence-corrected chi connectivity index (χ0v) is 17.7. The summed E-state index contributed by atoms with van der Waals surface area (Å²) < 4.78 is 0. The molecule has 1 atom stereocenters. The third kappa shape index (κ3) is 4.40. The summed E-state index contributed by atoms with van der Waals surface area (Å²) in [5.74, 6) is 0.323. The van der Waals surface area contributed by atoms with Gasteiger partial charge in [0.05, 0.1) is 0 Å². The number of fused-ring (bicyclic) bond motifs is 1. The van der Waals surface area contributed by atoms with Crippen molar-refractivity contribution < 1.29 is 19.4 Å². The molecule has 4 N–H and O–H groups in total. The second-order valence-corrected chi connectivity index (χ2v) is 8.88. The molecule has 31 heavy (non-hydrogen) atoms. The second-order valence-electron chi connectivity index (χ2n) is 8.88. The molecule has 5 rings (SSSR count). The van der Waals surface area contributed by atoms with E-state index in [4.69, 9.17) is 0 Å². The average molecular weight is 419 g/mol. The molecule has 6 nitrogen and oxygen atoms in total. The second kappa shape index (κ2) is 8.65. The number of rotatable bonds is 7. The number of para-hydroxylation sites is 1. The van der Waals surface area contributed by atoms with Crippen molar-refractivity contribution in [3.8, 4) is 0 Å². The van der Waals surface area contributed by atoms with Crippen molar-refractivity contribution in [3.05, 3.63) is 71.9 Å². The normalized spacial score (nSPS) is 22.2. The molecule has 6 heteroatoms. The van der Waals surface area contributed by atoms with Crippen LogP contribution < -0.4 is 15.1 Å². The fraction of sp³-hybridized carbons (Fsp3) is 0.360. The maximum absolute atomic E-state index is 13.8. The highest BCUT2D eigenvalue weighted by Crippen LogP contribution is 2.23. The smallest absolute Gasteiger partial charge is 0.275 e. The van der Waals surface area contributed by atoms with Gasteiger partial charge in [0.1, 0.15) is 26.2 Å². The van der Waals surface area contributed by atoms with Gasteiger partial charge in [0.25, 0.3) is 5.91 Å². The summed E-state index contributed by atoms with van der Waals surface area (Å²) >= 11 is 0. The Balaban J connectivity index is 1.34. The van der Waals surface area contributed by atoms with E-state index >= 15 is 0 Å². The van der Waals surface area contributed by atoms with Crippen LogP contribution in [0.25, 0.3) is 10.9 Å². The van der Waals surface area contributed by atoms with E-state index in [9.17, 15) is 9.59 Å². The predicted octanol–water partition coefficient (Wildman–Crippen LogP) is 0.154. The van der Waals surface area contributed by atoms with E-state index in [1.807, 2.05) is 48.7 Å². The minimum Gasteiger partial charge on any atom is -0.360 e. The topological polar surface area (TPSA) is 70.8 Å². The van der Waals surface area contributed by atoms with Crippen molar-refractivity contribution in [2.75, 3.05) is 32.7 Å². The minimum atomic E-state index is -0.234. The van der Waals surface area contributed by atoms with Crippen LogP contribution >= 0.6 is 0 Å². The van der Waals surface area contributed by atoms with Gasteiger partial charge in [-0.2, -0.15) is 0 Å². The van der Waals surface area contributed by atoms with E-state index < -0.39 is 0 Å². The molecule has 2 heterocycles. The molecule has 2 fully saturated rings. The van der Waals surface area contributed by atoms with Crippen LogP contribution in [0.4, 0.5) is 0 Å². The van der Waals surface area contributed by atoms with Crippen LogP contribution in [-0.2, 0) is 4.79 Å². The van der Waals surface area contributed by atoms with Crippen LogP contribution in [0.15, 0.2) is 60.8 Å². The Morgan fingerprint density at radius 3 is 2.42 bits per heavy atom. The average Bonchev–Trinajstić information content (AvgIpc) is 3.50. The Morgan fingerprint density at radius 1 is 0.968 bits per heavy atom. The lowest BCUT2D eigenvalue weighted by Gasteiger charge is -2.34. The lowest BCUT2D eigenvalue weighted by molar-refractivity contribution is -1.02. The van der Waals surface area contributed by atoms with Crippen molar-refractivity contribution in [3.63, 3.8) is 0 Å². The number of aromatic amines is 1. The highest BCUT2D eigenvalue weighted by atomic mass is 16.2. The molecule has 1 saturated heterocycles. The van der Waals surface area contributed by atoms with Gasteiger partial charge < -0.3 is 20.1 Å². The van der Waals surface area contributed by atoms with Crippen LogP contribution in [0.2, 0.25) is 0 Å². The molecule has 160 valence electrons. The van der Waals surface area contributed by atoms with Gasteiger partial charge in [-0.25, -0.2) is 0 Å². The van der Waals surface area contributed by atoms with Crippen molar-refractivity contribution >= 4 is 22.6 Å². The highest BCUT2D eigenvalue weighted by molar-refractivity contribution is 6.10. The van der Waals surface area contributed by atoms with Gasteiger partial charge in [0.2, 0.25) is 5.78 Å². The summed E-state index contributed by atoms with van der Waals surface area (Å²) in [6.07, 6.45) is 4.09. The molecule has 0 bridgehead atoms. The summed E-state index contributed by atoms with van der Waals surface area (Å²) in [5, 5.41) is 4.07. The largest absolute Gasteiger partial charge is 0.360 e. The molecule has 3 aromatic rings. The van der Waals surface area contributed by atoms with Crippen LogP contribution in [0, 0.1) is 0 Å². The lowest BCUT2D eigenvalue weighted by atomic mass is 9.95. The first-order valence-electron chi connectivity index (χ1n) is 11.3. The van der Waals surface area contributed by atoms with E-state index in [0.717, 1.165) is 61.1 Å². The number of amides is 1. The third-order valence-electron chi connectivity index (χ3n) is 6.61. The Kier molecular flexibility index (Phi) is 5.57. The number of hydrogen-bond donors (Lipinski definition) is 4. The number of quaternary nitrogens is 2. The fourth-order valence-corrected chi connectivity index (χ4v) is 4.77. The summed E-state index contributed by atoms with van der Waals surface area (Å²) in [5.41, 5.74) is 2.81. The maximum Gasteiger partial charge on any atom is 0.275 e. The molecule has 0 radical (unpaired) electrons. The first-order chi connectivity index (χ1) is 15.2. The highest BCUT2D eigenvalue weighted by Gasteiger charge is 2.37. The number of nitrogens with one attached hydrogen (secondary N) is 4. The molecule has 1 amide bonds. The lowest BCUT2D eigenvalue weighted by Crippen LogP contribution is -3.28. The molecule has 2 aliphatic rings. The Labute approximate surface area is 182 Å². The molecular formula is C25H30N4O2+2. The molecule has 0 unspecified atom stereocenters. The number of benzene rings is 2. The van der Waals surface area contributed by atoms with Crippen LogP contribution in [0.5, 0.6) is 0 Å². The Hall–Kier alpha value is -2.96. The quantitative estimate of drug-likeness (QED) is 0.413. The predicted molar refractivity (Wildman–Crippen MR) is 119 cm³/mol. The van der Waals surface area contributed by atoms with Gasteiger partial charge in [-0.1, -0.05) is 48.5 Å². The molecule has 1 aromatic heterocycles. The number of hydrogen-bond acceptors (Lipinski definition) is 2. The minimum absolute atomic E-state index is 0.161. The summed E-state index contributed by atoms with van der Waals surface area (Å²) in [4.78, 5) is 31.8. The van der Waals surface area contributed by atoms with Gasteiger partial charge in [-0.3, -0.25) is 9.59 Å². The zero-order valence-electron chi connectivity index (χ0n) is 17.7. The van der Waals surface area contributed by atoms with Crippen LogP contribution in [0.3, 0.4) is 0 Å². The van der Waals surface area contributed by atoms with Crippen molar-refractivity contribution in [1.29, 1.82) is 0 Å². The molecule has 0 spiro atoms. The fourth-order valence-electron chi connectivity index (χ4n) is 4.77. The number of Topliss-reactive ketones (excluding diaryl/α,β-unsaturated/α-hetero) is 1. The van der Waals surface area contributed by atoms with Gasteiger partial charge in [0, 0.05) is 34.3 Å². The first kappa shape index (κ1) is 20.0. The molecule has 1 saturated carbocycles. The number of carbonyl (C=O) groups is 2. The molecule has 2 aromatic carbocycles. The van der Waals surface area contributed by atoms with Crippen molar-refractivity contribution in [2.24, 2.45) is 0 Å². The monoisotopic (exact) mass is 418 g/mol. The third-order valence-corrected chi connectivity index (χ3v) is 6.61. The van der Waals surface area contributed by atoms with Gasteiger partial charge in [-0.05, 0) is 18.9 Å². The zero-order chi connectivity index (χ0) is 21.2. The number of carbonyl (C=O) groups excluding carboxylic acids is 2. The number of piperazine rings is 1. The van der Waals surface area contributed by atoms with E-state index in [-0.39, 0.29) is 17.7 Å². The number of aromatic nitrogens is 1. The SMILES string of the molecule is O=C(C[NH+]1CC[NH+]([C@H](C(=O)c2c[nH]c3ccccc23)c2ccccc2)CC1)NC1CC1.